The molecule has 1 heterocycles. The first-order chi connectivity index (χ1) is 4.24. The lowest BCUT2D eigenvalue weighted by atomic mass is 10.2. The summed E-state index contributed by atoms with van der Waals surface area (Å²) in [6.07, 6.45) is -2.99. The highest BCUT2D eigenvalue weighted by molar-refractivity contribution is 4.74. The van der Waals surface area contributed by atoms with Crippen LogP contribution in [0, 0.1) is 0 Å². The number of aliphatic hydroxyl groups is 2. The van der Waals surface area contributed by atoms with E-state index in [9.17, 15) is 4.39 Å². The van der Waals surface area contributed by atoms with Crippen LogP contribution in [0.3, 0.4) is 0 Å². The molecule has 0 spiro atoms. The molecule has 1 saturated heterocycles. The Hall–Kier alpha value is -0.190. The Bertz CT molecular complexity index is 88.2. The second kappa shape index (κ2) is 2.60. The zero-order valence-corrected chi connectivity index (χ0v) is 4.83. The van der Waals surface area contributed by atoms with E-state index < -0.39 is 18.6 Å². The maximum absolute atomic E-state index is 12.2. The standard InChI is InChI=1S/C5H9FO3/c6-5-4(8)1-3(2-7)9-5/h3-5,7-8H,1-2H2. The summed E-state index contributed by atoms with van der Waals surface area (Å²) in [7, 11) is 0. The van der Waals surface area contributed by atoms with Gasteiger partial charge in [-0.05, 0) is 0 Å². The first kappa shape index (κ1) is 6.92. The topological polar surface area (TPSA) is 49.7 Å². The van der Waals surface area contributed by atoms with Crippen molar-refractivity contribution in [2.45, 2.75) is 25.0 Å². The van der Waals surface area contributed by atoms with Gasteiger partial charge in [0.05, 0.1) is 12.7 Å². The van der Waals surface area contributed by atoms with Gasteiger partial charge in [-0.3, -0.25) is 0 Å². The maximum Gasteiger partial charge on any atom is 0.225 e. The fraction of sp³-hybridized carbons (Fsp3) is 1.00. The second-order valence-electron chi connectivity index (χ2n) is 2.09. The van der Waals surface area contributed by atoms with E-state index in [0.29, 0.717) is 0 Å². The quantitative estimate of drug-likeness (QED) is 0.507. The number of halogens is 1. The van der Waals surface area contributed by atoms with Crippen molar-refractivity contribution >= 4 is 0 Å². The van der Waals surface area contributed by atoms with Gasteiger partial charge in [-0.25, -0.2) is 4.39 Å². The summed E-state index contributed by atoms with van der Waals surface area (Å²) in [5.41, 5.74) is 0. The molecule has 54 valence electrons. The van der Waals surface area contributed by atoms with Crippen LogP contribution < -0.4 is 0 Å². The molecule has 1 rings (SSSR count). The van der Waals surface area contributed by atoms with E-state index in [1.165, 1.54) is 0 Å². The normalized spacial score (nSPS) is 43.7. The summed E-state index contributed by atoms with van der Waals surface area (Å²) in [6.45, 7) is -0.225. The lowest BCUT2D eigenvalue weighted by Crippen LogP contribution is -2.14. The molecule has 9 heavy (non-hydrogen) atoms. The Kier molecular flexibility index (Phi) is 2.00. The van der Waals surface area contributed by atoms with Crippen LogP contribution in [0.15, 0.2) is 0 Å². The second-order valence-corrected chi connectivity index (χ2v) is 2.09. The average molecular weight is 136 g/mol. The first-order valence-corrected chi connectivity index (χ1v) is 2.82. The zero-order valence-electron chi connectivity index (χ0n) is 4.83. The summed E-state index contributed by atoms with van der Waals surface area (Å²) in [5, 5.41) is 17.1. The number of rotatable bonds is 1. The summed E-state index contributed by atoms with van der Waals surface area (Å²) < 4.78 is 16.6. The number of hydrogen-bond acceptors (Lipinski definition) is 3. The third-order valence-electron chi connectivity index (χ3n) is 1.33. The van der Waals surface area contributed by atoms with Crippen molar-refractivity contribution in [3.05, 3.63) is 0 Å². The number of alkyl halides is 1. The molecule has 4 heteroatoms. The van der Waals surface area contributed by atoms with Crippen molar-refractivity contribution in [2.24, 2.45) is 0 Å². The van der Waals surface area contributed by atoms with E-state index in [0.717, 1.165) is 0 Å². The summed E-state index contributed by atoms with van der Waals surface area (Å²) in [5.74, 6) is 0. The van der Waals surface area contributed by atoms with Crippen molar-refractivity contribution in [2.75, 3.05) is 6.61 Å². The van der Waals surface area contributed by atoms with E-state index in [1.54, 1.807) is 0 Å². The molecule has 1 aliphatic rings. The molecule has 3 atom stereocenters. The van der Waals surface area contributed by atoms with Crippen LogP contribution in [0.1, 0.15) is 6.42 Å². The van der Waals surface area contributed by atoms with Crippen molar-refractivity contribution in [1.29, 1.82) is 0 Å². The maximum atomic E-state index is 12.2. The highest BCUT2D eigenvalue weighted by Gasteiger charge is 2.32. The summed E-state index contributed by atoms with van der Waals surface area (Å²) in [4.78, 5) is 0. The fourth-order valence-corrected chi connectivity index (χ4v) is 0.824. The molecule has 3 unspecified atom stereocenters. The van der Waals surface area contributed by atoms with Crippen molar-refractivity contribution in [3.63, 3.8) is 0 Å². The van der Waals surface area contributed by atoms with Gasteiger partial charge in [0.2, 0.25) is 6.36 Å². The molecule has 0 aromatic carbocycles. The van der Waals surface area contributed by atoms with E-state index in [1.807, 2.05) is 0 Å². The van der Waals surface area contributed by atoms with Crippen molar-refractivity contribution < 1.29 is 19.3 Å². The van der Waals surface area contributed by atoms with E-state index >= 15 is 0 Å². The molecular formula is C5H9FO3. The Morgan fingerprint density at radius 3 is 2.56 bits per heavy atom. The molecule has 0 radical (unpaired) electrons. The predicted molar refractivity (Wildman–Crippen MR) is 27.5 cm³/mol. The Labute approximate surface area is 52.1 Å². The monoisotopic (exact) mass is 136 g/mol. The van der Waals surface area contributed by atoms with Gasteiger partial charge in [0.15, 0.2) is 0 Å². The molecular weight excluding hydrogens is 127 g/mol. The van der Waals surface area contributed by atoms with Gasteiger partial charge >= 0.3 is 0 Å². The Balaban J connectivity index is 2.35. The van der Waals surface area contributed by atoms with Gasteiger partial charge in [0.1, 0.15) is 6.10 Å². The van der Waals surface area contributed by atoms with E-state index in [-0.39, 0.29) is 13.0 Å². The number of ether oxygens (including phenoxy) is 1. The smallest absolute Gasteiger partial charge is 0.225 e. The molecule has 3 nitrogen and oxygen atoms in total. The van der Waals surface area contributed by atoms with Crippen LogP contribution in [0.4, 0.5) is 4.39 Å². The minimum atomic E-state index is -1.61. The van der Waals surface area contributed by atoms with Gasteiger partial charge in [-0.15, -0.1) is 0 Å². The third-order valence-corrected chi connectivity index (χ3v) is 1.33. The largest absolute Gasteiger partial charge is 0.394 e. The van der Waals surface area contributed by atoms with Gasteiger partial charge < -0.3 is 14.9 Å². The van der Waals surface area contributed by atoms with Gasteiger partial charge in [-0.1, -0.05) is 0 Å². The van der Waals surface area contributed by atoms with Gasteiger partial charge in [-0.2, -0.15) is 0 Å². The molecule has 0 aliphatic carbocycles. The van der Waals surface area contributed by atoms with Gasteiger partial charge in [0.25, 0.3) is 0 Å². The molecule has 0 aromatic rings. The SMILES string of the molecule is OCC1CC(O)C(F)O1. The van der Waals surface area contributed by atoms with Crippen LogP contribution in [0.5, 0.6) is 0 Å². The summed E-state index contributed by atoms with van der Waals surface area (Å²) >= 11 is 0. The molecule has 0 aromatic heterocycles. The molecule has 2 N–H and O–H groups in total. The minimum absolute atomic E-state index is 0.192. The fourth-order valence-electron chi connectivity index (χ4n) is 0.824. The number of hydrogen-bond donors (Lipinski definition) is 2. The zero-order chi connectivity index (χ0) is 6.85. The summed E-state index contributed by atoms with van der Waals surface area (Å²) in [6, 6.07) is 0. The lowest BCUT2D eigenvalue weighted by molar-refractivity contribution is -0.0818. The van der Waals surface area contributed by atoms with Crippen molar-refractivity contribution in [3.8, 4) is 0 Å². The van der Waals surface area contributed by atoms with Crippen LogP contribution in [0.2, 0.25) is 0 Å². The van der Waals surface area contributed by atoms with Crippen LogP contribution in [0.25, 0.3) is 0 Å². The van der Waals surface area contributed by atoms with E-state index in [4.69, 9.17) is 10.2 Å². The first-order valence-electron chi connectivity index (χ1n) is 2.82. The van der Waals surface area contributed by atoms with Crippen molar-refractivity contribution in [1.82, 2.24) is 0 Å². The molecule has 1 aliphatic heterocycles. The molecule has 0 amide bonds. The van der Waals surface area contributed by atoms with E-state index in [2.05, 4.69) is 4.74 Å². The lowest BCUT2D eigenvalue weighted by Gasteiger charge is -2.02. The van der Waals surface area contributed by atoms with Crippen LogP contribution >= 0.6 is 0 Å². The van der Waals surface area contributed by atoms with Crippen LogP contribution in [-0.4, -0.2) is 35.4 Å². The molecule has 1 fully saturated rings. The number of aliphatic hydroxyl groups excluding tert-OH is 2. The Morgan fingerprint density at radius 1 is 1.67 bits per heavy atom. The van der Waals surface area contributed by atoms with Gasteiger partial charge in [0, 0.05) is 6.42 Å². The highest BCUT2D eigenvalue weighted by Crippen LogP contribution is 2.20. The van der Waals surface area contributed by atoms with Crippen LogP contribution in [-0.2, 0) is 4.74 Å². The molecule has 0 bridgehead atoms. The minimum Gasteiger partial charge on any atom is -0.394 e. The predicted octanol–water partition coefficient (Wildman–Crippen LogP) is -0.576. The average Bonchev–Trinajstić information content (AvgIpc) is 2.13. The third kappa shape index (κ3) is 1.38. The Morgan fingerprint density at radius 2 is 2.33 bits per heavy atom. The molecule has 0 saturated carbocycles. The highest BCUT2D eigenvalue weighted by atomic mass is 19.1.